The number of carbonyl (C=O) groups is 2. The molecule has 0 fully saturated rings. The van der Waals surface area contributed by atoms with Gasteiger partial charge in [0.15, 0.2) is 6.10 Å². The summed E-state index contributed by atoms with van der Waals surface area (Å²) in [7, 11) is 0. The molecule has 0 aliphatic rings. The summed E-state index contributed by atoms with van der Waals surface area (Å²) in [5.74, 6) is 0.434. The Hall–Kier alpha value is -2.82. The van der Waals surface area contributed by atoms with Gasteiger partial charge in [-0.05, 0) is 37.1 Å². The molecular formula is C19H21NO4. The van der Waals surface area contributed by atoms with Crippen LogP contribution in [-0.4, -0.2) is 18.0 Å². The minimum Gasteiger partial charge on any atom is -0.462 e. The Morgan fingerprint density at radius 1 is 1.21 bits per heavy atom. The summed E-state index contributed by atoms with van der Waals surface area (Å²) in [4.78, 5) is 24.0. The van der Waals surface area contributed by atoms with E-state index in [0.29, 0.717) is 18.7 Å². The average Bonchev–Trinajstić information content (AvgIpc) is 3.02. The number of benzene rings is 1. The second-order valence-corrected chi connectivity index (χ2v) is 5.32. The maximum Gasteiger partial charge on any atom is 0.331 e. The molecule has 0 spiro atoms. The van der Waals surface area contributed by atoms with E-state index in [1.165, 1.54) is 12.2 Å². The Balaban J connectivity index is 1.84. The Morgan fingerprint density at radius 2 is 1.96 bits per heavy atom. The smallest absolute Gasteiger partial charge is 0.331 e. The summed E-state index contributed by atoms with van der Waals surface area (Å²) in [6.07, 6.45) is 2.36. The van der Waals surface area contributed by atoms with Crippen LogP contribution in [0.5, 0.6) is 0 Å². The Labute approximate surface area is 141 Å². The van der Waals surface area contributed by atoms with E-state index in [1.807, 2.05) is 37.3 Å². The first-order valence-electron chi connectivity index (χ1n) is 7.85. The molecule has 0 aliphatic carbocycles. The number of nitrogens with one attached hydrogen (secondary N) is 1. The van der Waals surface area contributed by atoms with Gasteiger partial charge in [0.25, 0.3) is 5.91 Å². The summed E-state index contributed by atoms with van der Waals surface area (Å²) in [6, 6.07) is 13.1. The van der Waals surface area contributed by atoms with Crippen LogP contribution < -0.4 is 5.32 Å². The van der Waals surface area contributed by atoms with Gasteiger partial charge in [-0.25, -0.2) is 4.79 Å². The molecule has 0 bridgehead atoms. The fourth-order valence-corrected chi connectivity index (χ4v) is 2.09. The minimum atomic E-state index is -0.816. The first-order valence-corrected chi connectivity index (χ1v) is 7.85. The molecule has 1 N–H and O–H groups in total. The third-order valence-electron chi connectivity index (χ3n) is 3.38. The van der Waals surface area contributed by atoms with Crippen molar-refractivity contribution in [3.8, 4) is 0 Å². The van der Waals surface area contributed by atoms with Crippen LogP contribution >= 0.6 is 0 Å². The molecule has 1 heterocycles. The highest BCUT2D eigenvalue weighted by Crippen LogP contribution is 2.09. The van der Waals surface area contributed by atoms with E-state index in [2.05, 4.69) is 5.32 Å². The molecule has 2 rings (SSSR count). The molecule has 5 nitrogen and oxygen atoms in total. The molecule has 1 amide bonds. The van der Waals surface area contributed by atoms with Gasteiger partial charge >= 0.3 is 5.97 Å². The van der Waals surface area contributed by atoms with Crippen molar-refractivity contribution < 1.29 is 18.7 Å². The molecule has 24 heavy (non-hydrogen) atoms. The molecule has 5 heteroatoms. The molecule has 1 aromatic carbocycles. The number of carbonyl (C=O) groups excluding carboxylic acids is 2. The molecule has 126 valence electrons. The lowest BCUT2D eigenvalue weighted by atomic mass is 10.2. The maximum atomic E-state index is 12.1. The van der Waals surface area contributed by atoms with Crippen molar-refractivity contribution in [3.05, 3.63) is 65.6 Å². The average molecular weight is 327 g/mol. The molecule has 0 aliphatic heterocycles. The quantitative estimate of drug-likeness (QED) is 0.626. The summed E-state index contributed by atoms with van der Waals surface area (Å²) in [5, 5.41) is 2.77. The molecule has 1 aromatic heterocycles. The number of ether oxygens (including phenoxy) is 1. The van der Waals surface area contributed by atoms with Crippen molar-refractivity contribution in [2.75, 3.05) is 0 Å². The van der Waals surface area contributed by atoms with Gasteiger partial charge < -0.3 is 14.5 Å². The van der Waals surface area contributed by atoms with Gasteiger partial charge in [-0.15, -0.1) is 0 Å². The first kappa shape index (κ1) is 17.5. The van der Waals surface area contributed by atoms with Crippen LogP contribution in [-0.2, 0) is 20.9 Å². The van der Waals surface area contributed by atoms with Gasteiger partial charge in [0.2, 0.25) is 0 Å². The number of amides is 1. The van der Waals surface area contributed by atoms with E-state index >= 15 is 0 Å². The Morgan fingerprint density at radius 3 is 2.58 bits per heavy atom. The second kappa shape index (κ2) is 8.72. The molecule has 1 unspecified atom stereocenters. The summed E-state index contributed by atoms with van der Waals surface area (Å²) >= 11 is 0. The van der Waals surface area contributed by atoms with Crippen molar-refractivity contribution in [1.29, 1.82) is 0 Å². The molecule has 0 saturated heterocycles. The maximum absolute atomic E-state index is 12.1. The number of hydrogen-bond acceptors (Lipinski definition) is 4. The summed E-state index contributed by atoms with van der Waals surface area (Å²) in [5.41, 5.74) is 0.986. The van der Waals surface area contributed by atoms with Crippen LogP contribution in [0.25, 0.3) is 6.08 Å². The van der Waals surface area contributed by atoms with E-state index in [-0.39, 0.29) is 5.91 Å². The molecule has 2 aromatic rings. The lowest BCUT2D eigenvalue weighted by molar-refractivity contribution is -0.151. The van der Waals surface area contributed by atoms with Crippen molar-refractivity contribution in [2.24, 2.45) is 0 Å². The van der Waals surface area contributed by atoms with E-state index in [4.69, 9.17) is 9.15 Å². The normalized spacial score (nSPS) is 12.1. The number of hydrogen-bond donors (Lipinski definition) is 1. The zero-order valence-corrected chi connectivity index (χ0v) is 13.8. The topological polar surface area (TPSA) is 68.5 Å². The highest BCUT2D eigenvalue weighted by molar-refractivity contribution is 5.90. The van der Waals surface area contributed by atoms with E-state index in [1.54, 1.807) is 19.1 Å². The fraction of sp³-hybridized carbons (Fsp3) is 0.263. The van der Waals surface area contributed by atoms with E-state index in [9.17, 15) is 9.59 Å². The second-order valence-electron chi connectivity index (χ2n) is 5.32. The Bertz CT molecular complexity index is 703. The zero-order valence-electron chi connectivity index (χ0n) is 13.8. The van der Waals surface area contributed by atoms with Gasteiger partial charge in [0.05, 0.1) is 0 Å². The number of rotatable bonds is 7. The number of aryl methyl sites for hydroxylation is 1. The van der Waals surface area contributed by atoms with Crippen LogP contribution in [0.2, 0.25) is 0 Å². The largest absolute Gasteiger partial charge is 0.462 e. The van der Waals surface area contributed by atoms with Crippen molar-refractivity contribution in [2.45, 2.75) is 32.9 Å². The van der Waals surface area contributed by atoms with Gasteiger partial charge in [0.1, 0.15) is 11.5 Å². The van der Waals surface area contributed by atoms with Crippen LogP contribution in [0.3, 0.4) is 0 Å². The molecular weight excluding hydrogens is 306 g/mol. The van der Waals surface area contributed by atoms with Crippen LogP contribution in [0.15, 0.2) is 53.0 Å². The van der Waals surface area contributed by atoms with Gasteiger partial charge in [-0.3, -0.25) is 4.79 Å². The lowest BCUT2D eigenvalue weighted by Crippen LogP contribution is -2.36. The summed E-state index contributed by atoms with van der Waals surface area (Å²) < 4.78 is 10.5. The van der Waals surface area contributed by atoms with Crippen molar-refractivity contribution >= 4 is 18.0 Å². The fourth-order valence-electron chi connectivity index (χ4n) is 2.09. The highest BCUT2D eigenvalue weighted by Gasteiger charge is 2.19. The van der Waals surface area contributed by atoms with Crippen LogP contribution in [0.1, 0.15) is 30.4 Å². The standard InChI is InChI=1S/C19H21NO4/c1-3-17(19(22)20-13-15-7-5-4-6-8-15)24-18(21)12-11-16-10-9-14(2)23-16/h4-12,17H,3,13H2,1-2H3,(H,20,22)/b12-11+. The summed E-state index contributed by atoms with van der Waals surface area (Å²) in [6.45, 7) is 4.01. The predicted octanol–water partition coefficient (Wildman–Crippen LogP) is 3.24. The third-order valence-corrected chi connectivity index (χ3v) is 3.38. The first-order chi connectivity index (χ1) is 11.6. The monoisotopic (exact) mass is 327 g/mol. The molecule has 0 radical (unpaired) electrons. The Kier molecular flexibility index (Phi) is 6.37. The van der Waals surface area contributed by atoms with E-state index < -0.39 is 12.1 Å². The van der Waals surface area contributed by atoms with E-state index in [0.717, 1.165) is 11.3 Å². The number of esters is 1. The van der Waals surface area contributed by atoms with Crippen molar-refractivity contribution in [3.63, 3.8) is 0 Å². The lowest BCUT2D eigenvalue weighted by Gasteiger charge is -2.15. The van der Waals surface area contributed by atoms with Gasteiger partial charge in [0, 0.05) is 12.6 Å². The van der Waals surface area contributed by atoms with Gasteiger partial charge in [-0.1, -0.05) is 37.3 Å². The predicted molar refractivity (Wildman–Crippen MR) is 90.9 cm³/mol. The third kappa shape index (κ3) is 5.43. The number of furan rings is 1. The molecule has 0 saturated carbocycles. The SMILES string of the molecule is CCC(OC(=O)/C=C/c1ccc(C)o1)C(=O)NCc1ccccc1. The van der Waals surface area contributed by atoms with Crippen molar-refractivity contribution in [1.82, 2.24) is 5.32 Å². The minimum absolute atomic E-state index is 0.308. The molecule has 1 atom stereocenters. The highest BCUT2D eigenvalue weighted by atomic mass is 16.5. The zero-order chi connectivity index (χ0) is 17.4. The van der Waals surface area contributed by atoms with Crippen LogP contribution in [0, 0.1) is 6.92 Å². The van der Waals surface area contributed by atoms with Gasteiger partial charge in [-0.2, -0.15) is 0 Å². The van der Waals surface area contributed by atoms with Crippen LogP contribution in [0.4, 0.5) is 0 Å².